The molecule has 0 bridgehead atoms. The normalized spacial score (nSPS) is 10.2. The molecule has 0 aliphatic rings. The third kappa shape index (κ3) is 2.56. The number of rotatable bonds is 5. The predicted octanol–water partition coefficient (Wildman–Crippen LogP) is 0.370. The van der Waals surface area contributed by atoms with Gasteiger partial charge < -0.3 is 19.6 Å². The first-order valence-electron chi connectivity index (χ1n) is 3.81. The van der Waals surface area contributed by atoms with Gasteiger partial charge in [0.25, 0.3) is 5.95 Å². The average molecular weight is 171 g/mol. The van der Waals surface area contributed by atoms with E-state index in [0.29, 0.717) is 19.0 Å². The van der Waals surface area contributed by atoms with Crippen molar-refractivity contribution in [1.29, 1.82) is 0 Å². The summed E-state index contributed by atoms with van der Waals surface area (Å²) in [5.41, 5.74) is 0. The van der Waals surface area contributed by atoms with Crippen LogP contribution in [0.5, 0.6) is 5.95 Å². The van der Waals surface area contributed by atoms with Crippen LogP contribution in [0, 0.1) is 0 Å². The molecule has 0 aromatic carbocycles. The van der Waals surface area contributed by atoms with Gasteiger partial charge in [0.2, 0.25) is 0 Å². The zero-order valence-electron chi connectivity index (χ0n) is 7.04. The lowest BCUT2D eigenvalue weighted by Gasteiger charge is -1.98. The smallest absolute Gasteiger partial charge is 0.284 e. The fraction of sp³-hybridized carbons (Fsp3) is 0.500. The molecular formula is C8H13NO3. The summed E-state index contributed by atoms with van der Waals surface area (Å²) in [6.07, 6.45) is 0. The van der Waals surface area contributed by atoms with E-state index < -0.39 is 0 Å². The highest BCUT2D eigenvalue weighted by Crippen LogP contribution is 2.14. The molecule has 0 amide bonds. The molecule has 0 saturated heterocycles. The van der Waals surface area contributed by atoms with Gasteiger partial charge in [-0.25, -0.2) is 0 Å². The van der Waals surface area contributed by atoms with Gasteiger partial charge in [-0.15, -0.1) is 0 Å². The van der Waals surface area contributed by atoms with Gasteiger partial charge in [0.15, 0.2) is 0 Å². The van der Waals surface area contributed by atoms with Gasteiger partial charge in [0.1, 0.15) is 5.76 Å². The Bertz CT molecular complexity index is 222. The number of hydrogen-bond donors (Lipinski definition) is 2. The SMILES string of the molecule is COc1ccc(CNCCO)o1. The zero-order valence-corrected chi connectivity index (χ0v) is 7.04. The van der Waals surface area contributed by atoms with Gasteiger partial charge in [-0.3, -0.25) is 0 Å². The van der Waals surface area contributed by atoms with Crippen LogP contribution in [-0.4, -0.2) is 25.4 Å². The highest BCUT2D eigenvalue weighted by molar-refractivity contribution is 5.11. The average Bonchev–Trinajstić information content (AvgIpc) is 2.53. The van der Waals surface area contributed by atoms with E-state index in [4.69, 9.17) is 14.3 Å². The highest BCUT2D eigenvalue weighted by atomic mass is 16.6. The molecule has 0 radical (unpaired) electrons. The van der Waals surface area contributed by atoms with Gasteiger partial charge >= 0.3 is 0 Å². The van der Waals surface area contributed by atoms with Gasteiger partial charge in [0, 0.05) is 12.6 Å². The summed E-state index contributed by atoms with van der Waals surface area (Å²) in [5.74, 6) is 1.32. The van der Waals surface area contributed by atoms with Crippen LogP contribution in [0.3, 0.4) is 0 Å². The van der Waals surface area contributed by atoms with Crippen LogP contribution in [0.1, 0.15) is 5.76 Å². The number of furan rings is 1. The van der Waals surface area contributed by atoms with Gasteiger partial charge in [-0.05, 0) is 6.07 Å². The Balaban J connectivity index is 2.31. The van der Waals surface area contributed by atoms with E-state index in [-0.39, 0.29) is 6.61 Å². The minimum atomic E-state index is 0.137. The fourth-order valence-electron chi connectivity index (χ4n) is 0.854. The molecule has 1 rings (SSSR count). The number of aliphatic hydroxyl groups is 1. The molecule has 4 nitrogen and oxygen atoms in total. The molecule has 4 heteroatoms. The summed E-state index contributed by atoms with van der Waals surface area (Å²) in [7, 11) is 1.56. The number of nitrogens with one attached hydrogen (secondary N) is 1. The molecule has 1 aromatic heterocycles. The van der Waals surface area contributed by atoms with E-state index in [0.717, 1.165) is 5.76 Å². The third-order valence-corrected chi connectivity index (χ3v) is 1.43. The third-order valence-electron chi connectivity index (χ3n) is 1.43. The van der Waals surface area contributed by atoms with Crippen LogP contribution in [0.2, 0.25) is 0 Å². The number of hydrogen-bond acceptors (Lipinski definition) is 4. The van der Waals surface area contributed by atoms with Crippen LogP contribution in [0.15, 0.2) is 16.5 Å². The molecule has 68 valence electrons. The molecule has 0 aliphatic carbocycles. The van der Waals surface area contributed by atoms with Crippen LogP contribution >= 0.6 is 0 Å². The molecule has 0 unspecified atom stereocenters. The molecular weight excluding hydrogens is 158 g/mol. The number of ether oxygens (including phenoxy) is 1. The molecule has 0 fully saturated rings. The Labute approximate surface area is 71.1 Å². The quantitative estimate of drug-likeness (QED) is 0.628. The fourth-order valence-corrected chi connectivity index (χ4v) is 0.854. The first-order valence-corrected chi connectivity index (χ1v) is 3.81. The molecule has 0 aliphatic heterocycles. The van der Waals surface area contributed by atoms with Gasteiger partial charge in [-0.2, -0.15) is 0 Å². The summed E-state index contributed by atoms with van der Waals surface area (Å²) >= 11 is 0. The standard InChI is InChI=1S/C8H13NO3/c1-11-8-3-2-7(12-8)6-9-4-5-10/h2-3,9-10H,4-6H2,1H3. The topological polar surface area (TPSA) is 54.6 Å². The molecule has 1 aromatic rings. The highest BCUT2D eigenvalue weighted by Gasteiger charge is 1.99. The molecule has 1 heterocycles. The zero-order chi connectivity index (χ0) is 8.81. The van der Waals surface area contributed by atoms with Crippen molar-refractivity contribution in [3.8, 4) is 5.95 Å². The van der Waals surface area contributed by atoms with E-state index in [9.17, 15) is 0 Å². The predicted molar refractivity (Wildman–Crippen MR) is 44.1 cm³/mol. The van der Waals surface area contributed by atoms with Crippen molar-refractivity contribution in [3.63, 3.8) is 0 Å². The van der Waals surface area contributed by atoms with Crippen molar-refractivity contribution in [2.45, 2.75) is 6.54 Å². The lowest BCUT2D eigenvalue weighted by atomic mass is 10.4. The second-order valence-electron chi connectivity index (χ2n) is 2.33. The van der Waals surface area contributed by atoms with Crippen molar-refractivity contribution in [3.05, 3.63) is 17.9 Å². The maximum atomic E-state index is 8.48. The van der Waals surface area contributed by atoms with Crippen LogP contribution < -0.4 is 10.1 Å². The van der Waals surface area contributed by atoms with Crippen LogP contribution in [0.4, 0.5) is 0 Å². The largest absolute Gasteiger partial charge is 0.468 e. The van der Waals surface area contributed by atoms with Crippen molar-refractivity contribution in [1.82, 2.24) is 5.32 Å². The van der Waals surface area contributed by atoms with E-state index in [2.05, 4.69) is 5.32 Å². The number of methoxy groups -OCH3 is 1. The lowest BCUT2D eigenvalue weighted by molar-refractivity contribution is 0.278. The van der Waals surface area contributed by atoms with Gasteiger partial charge in [-0.1, -0.05) is 0 Å². The lowest BCUT2D eigenvalue weighted by Crippen LogP contribution is -2.16. The van der Waals surface area contributed by atoms with E-state index in [1.54, 1.807) is 13.2 Å². The Morgan fingerprint density at radius 2 is 2.42 bits per heavy atom. The first-order chi connectivity index (χ1) is 5.86. The number of aliphatic hydroxyl groups excluding tert-OH is 1. The molecule has 0 atom stereocenters. The molecule has 12 heavy (non-hydrogen) atoms. The van der Waals surface area contributed by atoms with Crippen molar-refractivity contribution >= 4 is 0 Å². The van der Waals surface area contributed by atoms with Crippen molar-refractivity contribution in [2.75, 3.05) is 20.3 Å². The Morgan fingerprint density at radius 1 is 1.58 bits per heavy atom. The summed E-state index contributed by atoms with van der Waals surface area (Å²) in [5, 5.41) is 11.5. The minimum Gasteiger partial charge on any atom is -0.468 e. The summed E-state index contributed by atoms with van der Waals surface area (Å²) < 4.78 is 10.1. The van der Waals surface area contributed by atoms with Crippen molar-refractivity contribution < 1.29 is 14.3 Å². The summed E-state index contributed by atoms with van der Waals surface area (Å²) in [6, 6.07) is 3.60. The summed E-state index contributed by atoms with van der Waals surface area (Å²) in [4.78, 5) is 0. The first kappa shape index (κ1) is 9.09. The maximum absolute atomic E-state index is 8.48. The minimum absolute atomic E-state index is 0.137. The monoisotopic (exact) mass is 171 g/mol. The molecule has 0 spiro atoms. The van der Waals surface area contributed by atoms with E-state index >= 15 is 0 Å². The Kier molecular flexibility index (Phi) is 3.63. The Morgan fingerprint density at radius 3 is 3.00 bits per heavy atom. The summed E-state index contributed by atoms with van der Waals surface area (Å²) in [6.45, 7) is 1.32. The second-order valence-corrected chi connectivity index (χ2v) is 2.33. The van der Waals surface area contributed by atoms with E-state index in [1.165, 1.54) is 0 Å². The maximum Gasteiger partial charge on any atom is 0.284 e. The second kappa shape index (κ2) is 4.79. The van der Waals surface area contributed by atoms with Crippen LogP contribution in [0.25, 0.3) is 0 Å². The Hall–Kier alpha value is -1.00. The van der Waals surface area contributed by atoms with Crippen LogP contribution in [-0.2, 0) is 6.54 Å². The molecule has 0 saturated carbocycles. The van der Waals surface area contributed by atoms with Gasteiger partial charge in [0.05, 0.1) is 20.3 Å². The van der Waals surface area contributed by atoms with Crippen molar-refractivity contribution in [2.24, 2.45) is 0 Å². The molecule has 2 N–H and O–H groups in total. The van der Waals surface area contributed by atoms with E-state index in [1.807, 2.05) is 6.07 Å².